The predicted octanol–water partition coefficient (Wildman–Crippen LogP) is 2.87. The maximum atomic E-state index is 12.3. The zero-order valence-corrected chi connectivity index (χ0v) is 14.6. The van der Waals surface area contributed by atoms with Crippen LogP contribution in [0.3, 0.4) is 0 Å². The molecule has 1 saturated carbocycles. The number of ketones is 2. The molecule has 0 amide bonds. The quantitative estimate of drug-likeness (QED) is 0.839. The highest BCUT2D eigenvalue weighted by atomic mass is 16.5. The van der Waals surface area contributed by atoms with Gasteiger partial charge in [0.05, 0.1) is 5.41 Å². The van der Waals surface area contributed by atoms with Gasteiger partial charge < -0.3 is 9.84 Å². The van der Waals surface area contributed by atoms with Crippen LogP contribution in [0.25, 0.3) is 0 Å². The lowest BCUT2D eigenvalue weighted by Gasteiger charge is -2.47. The Hall–Kier alpha value is -1.68. The molecule has 5 aliphatic rings. The molecule has 4 heteroatoms. The molecule has 0 spiro atoms. The van der Waals surface area contributed by atoms with Crippen LogP contribution in [0, 0.1) is 22.7 Å². The van der Waals surface area contributed by atoms with Gasteiger partial charge in [-0.3, -0.25) is 9.59 Å². The Bertz CT molecular complexity index is 786. The summed E-state index contributed by atoms with van der Waals surface area (Å²) in [5, 5.41) is 9.37. The number of aliphatic hydroxyl groups is 1. The Morgan fingerprint density at radius 3 is 2.92 bits per heavy atom. The van der Waals surface area contributed by atoms with Crippen LogP contribution in [0.4, 0.5) is 0 Å². The van der Waals surface area contributed by atoms with Crippen molar-refractivity contribution in [1.82, 2.24) is 0 Å². The lowest BCUT2D eigenvalue weighted by atomic mass is 9.55. The number of carbonyl (C=O) groups is 2. The minimum atomic E-state index is -0.345. The number of Topliss-reactive ketones (excluding diaryl/α,β-unsaturated/α-hetero) is 1. The van der Waals surface area contributed by atoms with E-state index in [1.54, 1.807) is 0 Å². The van der Waals surface area contributed by atoms with Gasteiger partial charge in [-0.1, -0.05) is 12.5 Å². The van der Waals surface area contributed by atoms with E-state index < -0.39 is 0 Å². The molecule has 2 bridgehead atoms. The summed E-state index contributed by atoms with van der Waals surface area (Å²) in [6.45, 7) is 2.56. The molecule has 25 heavy (non-hydrogen) atoms. The SMILES string of the molecule is C[C@]12CCC3=C(C=C4OC[C@@]35CCC(=O)C=C45)C1CCC2C(=O)CO. The molecule has 4 nitrogen and oxygen atoms in total. The predicted molar refractivity (Wildman–Crippen MR) is 91.5 cm³/mol. The number of rotatable bonds is 2. The highest BCUT2D eigenvalue weighted by Gasteiger charge is 2.58. The maximum absolute atomic E-state index is 12.3. The van der Waals surface area contributed by atoms with E-state index in [4.69, 9.17) is 4.74 Å². The van der Waals surface area contributed by atoms with Gasteiger partial charge in [0.15, 0.2) is 11.6 Å². The van der Waals surface area contributed by atoms with E-state index in [9.17, 15) is 14.7 Å². The standard InChI is InChI=1S/C21H24O4/c1-20-6-5-15-13(14(20)2-3-16(20)18(24)10-22)9-19-17-8-12(23)4-7-21(15,17)11-25-19/h8-9,14,16,22H,2-7,10-11H2,1H3/t14?,16?,20-,21-/m0/s1. The van der Waals surface area contributed by atoms with Crippen molar-refractivity contribution in [2.24, 2.45) is 22.7 Å². The zero-order chi connectivity index (χ0) is 17.4. The molecule has 132 valence electrons. The van der Waals surface area contributed by atoms with Crippen molar-refractivity contribution in [2.75, 3.05) is 13.2 Å². The molecule has 0 aromatic heterocycles. The first-order valence-electron chi connectivity index (χ1n) is 9.46. The maximum Gasteiger partial charge on any atom is 0.161 e. The average molecular weight is 340 g/mol. The summed E-state index contributed by atoms with van der Waals surface area (Å²) in [5.41, 5.74) is 3.80. The molecule has 0 aromatic rings. The van der Waals surface area contributed by atoms with Crippen LogP contribution >= 0.6 is 0 Å². The monoisotopic (exact) mass is 340 g/mol. The Balaban J connectivity index is 1.62. The van der Waals surface area contributed by atoms with Gasteiger partial charge in [0.1, 0.15) is 19.0 Å². The topological polar surface area (TPSA) is 63.6 Å². The summed E-state index contributed by atoms with van der Waals surface area (Å²) >= 11 is 0. The molecule has 2 fully saturated rings. The van der Waals surface area contributed by atoms with E-state index in [0.29, 0.717) is 18.9 Å². The molecule has 4 atom stereocenters. The fraction of sp³-hybridized carbons (Fsp3) is 0.619. The van der Waals surface area contributed by atoms with Crippen molar-refractivity contribution in [3.05, 3.63) is 34.6 Å². The highest BCUT2D eigenvalue weighted by Crippen LogP contribution is 2.65. The van der Waals surface area contributed by atoms with E-state index in [0.717, 1.165) is 43.4 Å². The van der Waals surface area contributed by atoms with Crippen LogP contribution in [0.1, 0.15) is 45.4 Å². The van der Waals surface area contributed by atoms with Crippen LogP contribution < -0.4 is 0 Å². The van der Waals surface area contributed by atoms with Crippen molar-refractivity contribution in [3.8, 4) is 0 Å². The number of hydrogen-bond donors (Lipinski definition) is 1. The van der Waals surface area contributed by atoms with Crippen molar-refractivity contribution in [1.29, 1.82) is 0 Å². The first-order chi connectivity index (χ1) is 12.0. The lowest BCUT2D eigenvalue weighted by molar-refractivity contribution is -0.129. The number of aliphatic hydroxyl groups excluding tert-OH is 1. The van der Waals surface area contributed by atoms with E-state index in [1.165, 1.54) is 11.1 Å². The smallest absolute Gasteiger partial charge is 0.161 e. The summed E-state index contributed by atoms with van der Waals surface area (Å²) in [6.07, 6.45) is 9.26. The van der Waals surface area contributed by atoms with Crippen molar-refractivity contribution in [2.45, 2.75) is 45.4 Å². The second kappa shape index (κ2) is 4.94. The van der Waals surface area contributed by atoms with Gasteiger partial charge in [0.2, 0.25) is 0 Å². The molecule has 1 aliphatic heterocycles. The summed E-state index contributed by atoms with van der Waals surface area (Å²) in [5.74, 6) is 1.42. The molecule has 0 radical (unpaired) electrons. The second-order valence-corrected chi connectivity index (χ2v) is 8.65. The van der Waals surface area contributed by atoms with Crippen molar-refractivity contribution in [3.63, 3.8) is 0 Å². The van der Waals surface area contributed by atoms with Gasteiger partial charge >= 0.3 is 0 Å². The van der Waals surface area contributed by atoms with Crippen LogP contribution in [0.5, 0.6) is 0 Å². The van der Waals surface area contributed by atoms with Gasteiger partial charge in [-0.15, -0.1) is 0 Å². The molecule has 4 aliphatic carbocycles. The van der Waals surface area contributed by atoms with Crippen LogP contribution in [-0.4, -0.2) is 29.9 Å². The summed E-state index contributed by atoms with van der Waals surface area (Å²) in [4.78, 5) is 24.2. The molecular weight excluding hydrogens is 316 g/mol. The average Bonchev–Trinajstić information content (AvgIpc) is 3.08. The van der Waals surface area contributed by atoms with Crippen LogP contribution in [0.2, 0.25) is 0 Å². The van der Waals surface area contributed by atoms with Gasteiger partial charge in [-0.2, -0.15) is 0 Å². The number of fused-ring (bicyclic) bond motifs is 2. The number of ether oxygens (including phenoxy) is 1. The van der Waals surface area contributed by atoms with Crippen LogP contribution in [0.15, 0.2) is 34.6 Å². The minimum Gasteiger partial charge on any atom is -0.492 e. The number of allylic oxidation sites excluding steroid dienone is 4. The van der Waals surface area contributed by atoms with E-state index in [2.05, 4.69) is 13.0 Å². The normalized spacial score (nSPS) is 41.4. The Morgan fingerprint density at radius 1 is 1.28 bits per heavy atom. The second-order valence-electron chi connectivity index (χ2n) is 8.65. The summed E-state index contributed by atoms with van der Waals surface area (Å²) in [7, 11) is 0. The fourth-order valence-corrected chi connectivity index (χ4v) is 6.43. The third-order valence-corrected chi connectivity index (χ3v) is 7.74. The Labute approximate surface area is 147 Å². The Morgan fingerprint density at radius 2 is 2.12 bits per heavy atom. The minimum absolute atomic E-state index is 0.00116. The van der Waals surface area contributed by atoms with E-state index in [1.807, 2.05) is 6.08 Å². The van der Waals surface area contributed by atoms with E-state index in [-0.39, 0.29) is 34.9 Å². The molecular formula is C21H24O4. The third-order valence-electron chi connectivity index (χ3n) is 7.74. The largest absolute Gasteiger partial charge is 0.492 e. The zero-order valence-electron chi connectivity index (χ0n) is 14.6. The van der Waals surface area contributed by atoms with Gasteiger partial charge in [0.25, 0.3) is 0 Å². The van der Waals surface area contributed by atoms with Gasteiger partial charge in [0, 0.05) is 17.9 Å². The first-order valence-corrected chi connectivity index (χ1v) is 9.46. The summed E-state index contributed by atoms with van der Waals surface area (Å²) < 4.78 is 6.02. The van der Waals surface area contributed by atoms with Gasteiger partial charge in [-0.25, -0.2) is 0 Å². The van der Waals surface area contributed by atoms with Crippen molar-refractivity contribution >= 4 is 11.6 Å². The third kappa shape index (κ3) is 1.81. The molecule has 5 rings (SSSR count). The lowest BCUT2D eigenvalue weighted by Crippen LogP contribution is -2.42. The molecule has 0 aromatic carbocycles. The Kier molecular flexibility index (Phi) is 3.08. The molecule has 1 heterocycles. The molecule has 2 unspecified atom stereocenters. The molecule has 1 saturated heterocycles. The van der Waals surface area contributed by atoms with E-state index >= 15 is 0 Å². The van der Waals surface area contributed by atoms with Crippen LogP contribution in [-0.2, 0) is 14.3 Å². The van der Waals surface area contributed by atoms with Crippen molar-refractivity contribution < 1.29 is 19.4 Å². The highest BCUT2D eigenvalue weighted by molar-refractivity contribution is 5.93. The number of hydrogen-bond acceptors (Lipinski definition) is 4. The fourth-order valence-electron chi connectivity index (χ4n) is 6.43. The molecule has 1 N–H and O–H groups in total. The van der Waals surface area contributed by atoms with Gasteiger partial charge in [-0.05, 0) is 61.2 Å². The summed E-state index contributed by atoms with van der Waals surface area (Å²) in [6, 6.07) is 0. The number of carbonyl (C=O) groups excluding carboxylic acids is 2. The first kappa shape index (κ1) is 15.6.